The fourth-order valence-electron chi connectivity index (χ4n) is 1.51. The molecule has 0 fully saturated rings. The van der Waals surface area contributed by atoms with Crippen LogP contribution in [0.1, 0.15) is 11.1 Å². The lowest BCUT2D eigenvalue weighted by Crippen LogP contribution is -1.88. The van der Waals surface area contributed by atoms with Crippen molar-refractivity contribution in [2.45, 2.75) is 10.6 Å². The maximum atomic E-state index is 13.2. The molecule has 2 rings (SSSR count). The molecule has 2 aromatic carbocycles. The third kappa shape index (κ3) is 3.40. The highest BCUT2D eigenvalue weighted by atomic mass is 35.5. The Labute approximate surface area is 120 Å². The van der Waals surface area contributed by atoms with E-state index in [1.807, 2.05) is 12.1 Å². The van der Waals surface area contributed by atoms with Crippen molar-refractivity contribution in [3.8, 4) is 6.07 Å². The van der Waals surface area contributed by atoms with Gasteiger partial charge in [-0.15, -0.1) is 11.8 Å². The fraction of sp³-hybridized carbons (Fsp3) is 0.0714. The van der Waals surface area contributed by atoms with E-state index in [1.54, 1.807) is 36.0 Å². The summed E-state index contributed by atoms with van der Waals surface area (Å²) in [6.45, 7) is 0. The zero-order valence-corrected chi connectivity index (χ0v) is 11.4. The predicted octanol–water partition coefficient (Wildman–Crippen LogP) is 4.23. The second kappa shape index (κ2) is 5.96. The fourth-order valence-corrected chi connectivity index (χ4v) is 2.64. The smallest absolute Gasteiger partial charge is 0.140 e. The number of anilines is 1. The Hall–Kier alpha value is -1.70. The summed E-state index contributed by atoms with van der Waals surface area (Å²) in [5.41, 5.74) is 7.12. The Balaban J connectivity index is 2.10. The summed E-state index contributed by atoms with van der Waals surface area (Å²) < 4.78 is 13.2. The lowest BCUT2D eigenvalue weighted by Gasteiger charge is -2.05. The Morgan fingerprint density at radius 2 is 2.05 bits per heavy atom. The number of nitriles is 1. The van der Waals surface area contributed by atoms with Crippen LogP contribution in [-0.4, -0.2) is 0 Å². The molecule has 19 heavy (non-hydrogen) atoms. The van der Waals surface area contributed by atoms with Gasteiger partial charge in [0, 0.05) is 10.6 Å². The summed E-state index contributed by atoms with van der Waals surface area (Å²) in [5.74, 6) is 0.140. The topological polar surface area (TPSA) is 49.8 Å². The van der Waals surface area contributed by atoms with Crippen LogP contribution >= 0.6 is 23.4 Å². The molecular formula is C14H10ClFN2S. The van der Waals surface area contributed by atoms with Crippen LogP contribution in [0.2, 0.25) is 5.02 Å². The number of benzene rings is 2. The van der Waals surface area contributed by atoms with Gasteiger partial charge in [0.2, 0.25) is 0 Å². The molecule has 0 spiro atoms. The van der Waals surface area contributed by atoms with E-state index >= 15 is 0 Å². The van der Waals surface area contributed by atoms with Crippen molar-refractivity contribution in [1.29, 1.82) is 5.26 Å². The minimum atomic E-state index is -0.494. The highest BCUT2D eigenvalue weighted by Crippen LogP contribution is 2.28. The van der Waals surface area contributed by atoms with E-state index in [9.17, 15) is 4.39 Å². The first-order valence-corrected chi connectivity index (χ1v) is 6.83. The van der Waals surface area contributed by atoms with Gasteiger partial charge in [0.05, 0.1) is 16.3 Å². The molecule has 0 saturated heterocycles. The van der Waals surface area contributed by atoms with E-state index in [0.717, 1.165) is 10.5 Å². The summed E-state index contributed by atoms with van der Waals surface area (Å²) in [5, 5.41) is 9.28. The summed E-state index contributed by atoms with van der Waals surface area (Å²) in [7, 11) is 0. The highest BCUT2D eigenvalue weighted by molar-refractivity contribution is 7.98. The molecule has 0 unspecified atom stereocenters. The number of nitrogens with zero attached hydrogens (tertiary/aromatic N) is 1. The molecule has 0 heterocycles. The van der Waals surface area contributed by atoms with Crippen molar-refractivity contribution in [3.05, 3.63) is 58.4 Å². The highest BCUT2D eigenvalue weighted by Gasteiger charge is 2.04. The molecule has 0 amide bonds. The Morgan fingerprint density at radius 3 is 2.74 bits per heavy atom. The molecule has 0 aliphatic rings. The van der Waals surface area contributed by atoms with Crippen LogP contribution in [0.25, 0.3) is 0 Å². The molecule has 0 bridgehead atoms. The third-order valence-electron chi connectivity index (χ3n) is 2.53. The number of nitrogen functional groups attached to an aromatic ring is 1. The largest absolute Gasteiger partial charge is 0.398 e. The van der Waals surface area contributed by atoms with Gasteiger partial charge in [-0.2, -0.15) is 5.26 Å². The molecule has 2 aromatic rings. The molecule has 0 atom stereocenters. The molecule has 0 aromatic heterocycles. The number of rotatable bonds is 3. The third-order valence-corrected chi connectivity index (χ3v) is 3.92. The second-order valence-corrected chi connectivity index (χ2v) is 5.35. The van der Waals surface area contributed by atoms with Crippen LogP contribution < -0.4 is 5.73 Å². The monoisotopic (exact) mass is 292 g/mol. The molecule has 0 aliphatic heterocycles. The summed E-state index contributed by atoms with van der Waals surface area (Å²) in [4.78, 5) is 0.974. The average molecular weight is 293 g/mol. The van der Waals surface area contributed by atoms with Crippen LogP contribution in [0.15, 0.2) is 41.3 Å². The first-order valence-electron chi connectivity index (χ1n) is 5.46. The van der Waals surface area contributed by atoms with Crippen LogP contribution in [0, 0.1) is 17.1 Å². The van der Waals surface area contributed by atoms with E-state index in [-0.39, 0.29) is 5.56 Å². The molecule has 0 aliphatic carbocycles. The van der Waals surface area contributed by atoms with Crippen molar-refractivity contribution < 1.29 is 4.39 Å². The molecule has 2 N–H and O–H groups in total. The zero-order chi connectivity index (χ0) is 13.8. The maximum Gasteiger partial charge on any atom is 0.140 e. The number of hydrogen-bond donors (Lipinski definition) is 1. The second-order valence-electron chi connectivity index (χ2n) is 3.90. The number of thioether (sulfide) groups is 1. The van der Waals surface area contributed by atoms with E-state index in [4.69, 9.17) is 22.6 Å². The van der Waals surface area contributed by atoms with E-state index in [0.29, 0.717) is 16.5 Å². The molecule has 0 saturated carbocycles. The van der Waals surface area contributed by atoms with Crippen molar-refractivity contribution in [2.24, 2.45) is 0 Å². The Kier molecular flexibility index (Phi) is 4.31. The van der Waals surface area contributed by atoms with Gasteiger partial charge in [0.25, 0.3) is 0 Å². The normalized spacial score (nSPS) is 10.2. The van der Waals surface area contributed by atoms with E-state index in [2.05, 4.69) is 0 Å². The first-order chi connectivity index (χ1) is 9.10. The van der Waals surface area contributed by atoms with Crippen molar-refractivity contribution >= 4 is 29.1 Å². The number of nitrogens with two attached hydrogens (primary N) is 1. The van der Waals surface area contributed by atoms with Gasteiger partial charge in [0.1, 0.15) is 11.9 Å². The first kappa shape index (κ1) is 13.7. The van der Waals surface area contributed by atoms with Crippen LogP contribution in [-0.2, 0) is 5.75 Å². The molecular weight excluding hydrogens is 283 g/mol. The summed E-state index contributed by atoms with van der Waals surface area (Å²) >= 11 is 7.48. The van der Waals surface area contributed by atoms with E-state index in [1.165, 1.54) is 6.07 Å². The van der Waals surface area contributed by atoms with Crippen LogP contribution in [0.4, 0.5) is 10.1 Å². The Bertz CT molecular complexity index is 652. The van der Waals surface area contributed by atoms with Gasteiger partial charge in [0.15, 0.2) is 0 Å². The van der Waals surface area contributed by atoms with Gasteiger partial charge >= 0.3 is 0 Å². The maximum absolute atomic E-state index is 13.2. The molecule has 0 radical (unpaired) electrons. The van der Waals surface area contributed by atoms with Crippen molar-refractivity contribution in [2.75, 3.05) is 5.73 Å². The van der Waals surface area contributed by atoms with Crippen LogP contribution in [0.3, 0.4) is 0 Å². The standard InChI is InChI=1S/C14H10ClFN2S/c15-12-6-11(2-4-14(12)18)19-8-9-1-3-13(16)10(5-9)7-17/h1-6H,8,18H2. The minimum absolute atomic E-state index is 0.0634. The van der Waals surface area contributed by atoms with E-state index < -0.39 is 5.82 Å². The predicted molar refractivity (Wildman–Crippen MR) is 76.5 cm³/mol. The SMILES string of the molecule is N#Cc1cc(CSc2ccc(N)c(Cl)c2)ccc1F. The molecule has 5 heteroatoms. The zero-order valence-electron chi connectivity index (χ0n) is 9.86. The average Bonchev–Trinajstić information content (AvgIpc) is 2.41. The van der Waals surface area contributed by atoms with Crippen LogP contribution in [0.5, 0.6) is 0 Å². The number of halogens is 2. The van der Waals surface area contributed by atoms with Gasteiger partial charge in [-0.1, -0.05) is 17.7 Å². The summed E-state index contributed by atoms with van der Waals surface area (Å²) in [6.07, 6.45) is 0. The van der Waals surface area contributed by atoms with Gasteiger partial charge < -0.3 is 5.73 Å². The van der Waals surface area contributed by atoms with Gasteiger partial charge in [-0.05, 0) is 35.9 Å². The molecule has 2 nitrogen and oxygen atoms in total. The lowest BCUT2D eigenvalue weighted by molar-refractivity contribution is 0.623. The Morgan fingerprint density at radius 1 is 1.26 bits per heavy atom. The summed E-state index contributed by atoms with van der Waals surface area (Å²) in [6, 6.07) is 11.8. The van der Waals surface area contributed by atoms with Gasteiger partial charge in [-0.3, -0.25) is 0 Å². The minimum Gasteiger partial charge on any atom is -0.398 e. The van der Waals surface area contributed by atoms with Crippen molar-refractivity contribution in [1.82, 2.24) is 0 Å². The lowest BCUT2D eigenvalue weighted by atomic mass is 10.1. The van der Waals surface area contributed by atoms with Gasteiger partial charge in [-0.25, -0.2) is 4.39 Å². The number of hydrogen-bond acceptors (Lipinski definition) is 3. The molecule has 96 valence electrons. The van der Waals surface area contributed by atoms with Crippen molar-refractivity contribution in [3.63, 3.8) is 0 Å². The quantitative estimate of drug-likeness (QED) is 0.680.